The van der Waals surface area contributed by atoms with Gasteiger partial charge < -0.3 is 0 Å². The SMILES string of the molecule is CCCCCCc1cc(CCCCCC)c[n+](CCCC)c1. The molecule has 1 heterocycles. The number of unbranched alkanes of at least 4 members (excludes halogenated alkanes) is 7. The smallest absolute Gasteiger partial charge is 0.171 e. The summed E-state index contributed by atoms with van der Waals surface area (Å²) < 4.78 is 2.45. The molecule has 0 aliphatic heterocycles. The van der Waals surface area contributed by atoms with Crippen LogP contribution in [0, 0.1) is 0 Å². The van der Waals surface area contributed by atoms with E-state index in [1.807, 2.05) is 0 Å². The second-order valence-electron chi connectivity index (χ2n) is 6.77. The van der Waals surface area contributed by atoms with Crippen LogP contribution in [0.1, 0.15) is 96.1 Å². The van der Waals surface area contributed by atoms with E-state index in [4.69, 9.17) is 0 Å². The van der Waals surface area contributed by atoms with Gasteiger partial charge in [-0.15, -0.1) is 0 Å². The van der Waals surface area contributed by atoms with Crippen molar-refractivity contribution in [1.29, 1.82) is 0 Å². The van der Waals surface area contributed by atoms with Gasteiger partial charge in [0.15, 0.2) is 12.4 Å². The van der Waals surface area contributed by atoms with Gasteiger partial charge in [-0.2, -0.15) is 0 Å². The standard InChI is InChI=1S/C21H38N/c1-4-7-10-12-14-20-17-21(15-13-11-8-5-2)19-22(18-20)16-9-6-3/h17-19H,4-16H2,1-3H3/q+1. The molecule has 0 aliphatic carbocycles. The highest BCUT2D eigenvalue weighted by atomic mass is 14.9. The molecule has 0 aromatic carbocycles. The first-order valence-electron chi connectivity index (χ1n) is 9.82. The quantitative estimate of drug-likeness (QED) is 0.310. The highest BCUT2D eigenvalue weighted by molar-refractivity contribution is 5.15. The van der Waals surface area contributed by atoms with Gasteiger partial charge in [0, 0.05) is 17.5 Å². The number of rotatable bonds is 13. The lowest BCUT2D eigenvalue weighted by Crippen LogP contribution is -2.34. The summed E-state index contributed by atoms with van der Waals surface area (Å²) in [6, 6.07) is 2.47. The van der Waals surface area contributed by atoms with E-state index in [-0.39, 0.29) is 0 Å². The molecule has 0 saturated heterocycles. The van der Waals surface area contributed by atoms with Crippen LogP contribution in [0.4, 0.5) is 0 Å². The first kappa shape index (κ1) is 19.2. The van der Waals surface area contributed by atoms with E-state index in [0.29, 0.717) is 0 Å². The van der Waals surface area contributed by atoms with Crippen molar-refractivity contribution in [2.75, 3.05) is 0 Å². The Hall–Kier alpha value is -0.850. The summed E-state index contributed by atoms with van der Waals surface area (Å²) in [5, 5.41) is 0. The van der Waals surface area contributed by atoms with Crippen LogP contribution in [0.15, 0.2) is 18.5 Å². The van der Waals surface area contributed by atoms with Crippen molar-refractivity contribution in [2.24, 2.45) is 0 Å². The molecule has 0 atom stereocenters. The Labute approximate surface area is 139 Å². The third-order valence-electron chi connectivity index (χ3n) is 4.44. The van der Waals surface area contributed by atoms with Crippen molar-refractivity contribution in [2.45, 2.75) is 104 Å². The highest BCUT2D eigenvalue weighted by Gasteiger charge is 2.07. The number of hydrogen-bond acceptors (Lipinski definition) is 0. The van der Waals surface area contributed by atoms with Crippen molar-refractivity contribution in [3.8, 4) is 0 Å². The molecule has 0 amide bonds. The number of hydrogen-bond donors (Lipinski definition) is 0. The second kappa shape index (κ2) is 12.7. The fraction of sp³-hybridized carbons (Fsp3) is 0.762. The Kier molecular flexibility index (Phi) is 11.1. The van der Waals surface area contributed by atoms with Crippen LogP contribution in [0.5, 0.6) is 0 Å². The minimum atomic E-state index is 1.18. The molecule has 1 rings (SSSR count). The average Bonchev–Trinajstić information content (AvgIpc) is 2.54. The first-order valence-corrected chi connectivity index (χ1v) is 9.82. The summed E-state index contributed by atoms with van der Waals surface area (Å²) in [5.41, 5.74) is 3.11. The van der Waals surface area contributed by atoms with E-state index in [1.165, 1.54) is 83.6 Å². The van der Waals surface area contributed by atoms with Gasteiger partial charge in [0.2, 0.25) is 0 Å². The molecule has 1 nitrogen and oxygen atoms in total. The van der Waals surface area contributed by atoms with Crippen molar-refractivity contribution in [1.82, 2.24) is 0 Å². The number of aryl methyl sites for hydroxylation is 3. The molecule has 0 saturated carbocycles. The molecule has 1 heteroatoms. The zero-order chi connectivity index (χ0) is 16.0. The van der Waals surface area contributed by atoms with Crippen LogP contribution in [-0.2, 0) is 19.4 Å². The van der Waals surface area contributed by atoms with Gasteiger partial charge >= 0.3 is 0 Å². The van der Waals surface area contributed by atoms with Gasteiger partial charge in [-0.1, -0.05) is 65.7 Å². The minimum absolute atomic E-state index is 1.18. The van der Waals surface area contributed by atoms with Crippen LogP contribution in [0.25, 0.3) is 0 Å². The summed E-state index contributed by atoms with van der Waals surface area (Å²) >= 11 is 0. The molecule has 0 radical (unpaired) electrons. The predicted octanol–water partition coefficient (Wildman–Crippen LogP) is 6.02. The Bertz CT molecular complexity index is 353. The fourth-order valence-corrected chi connectivity index (χ4v) is 3.03. The van der Waals surface area contributed by atoms with Crippen LogP contribution in [0.2, 0.25) is 0 Å². The third-order valence-corrected chi connectivity index (χ3v) is 4.44. The number of aromatic nitrogens is 1. The summed E-state index contributed by atoms with van der Waals surface area (Å²) in [4.78, 5) is 0. The molecule has 22 heavy (non-hydrogen) atoms. The molecule has 0 fully saturated rings. The van der Waals surface area contributed by atoms with E-state index < -0.39 is 0 Å². The summed E-state index contributed by atoms with van der Waals surface area (Å²) in [5.74, 6) is 0. The Morgan fingerprint density at radius 3 is 1.59 bits per heavy atom. The largest absolute Gasteiger partial charge is 0.205 e. The second-order valence-corrected chi connectivity index (χ2v) is 6.77. The van der Waals surface area contributed by atoms with Crippen LogP contribution in [-0.4, -0.2) is 0 Å². The molecule has 0 N–H and O–H groups in total. The van der Waals surface area contributed by atoms with E-state index in [2.05, 4.69) is 43.8 Å². The zero-order valence-corrected chi connectivity index (χ0v) is 15.4. The van der Waals surface area contributed by atoms with Gasteiger partial charge in [0.05, 0.1) is 0 Å². The molecule has 1 aromatic heterocycles. The van der Waals surface area contributed by atoms with Crippen molar-refractivity contribution >= 4 is 0 Å². The average molecular weight is 305 g/mol. The zero-order valence-electron chi connectivity index (χ0n) is 15.4. The Morgan fingerprint density at radius 1 is 0.636 bits per heavy atom. The summed E-state index contributed by atoms with van der Waals surface area (Å²) in [7, 11) is 0. The monoisotopic (exact) mass is 304 g/mol. The molecule has 0 bridgehead atoms. The summed E-state index contributed by atoms with van der Waals surface area (Å²) in [6.07, 6.45) is 20.8. The normalized spacial score (nSPS) is 11.0. The fourth-order valence-electron chi connectivity index (χ4n) is 3.03. The lowest BCUT2D eigenvalue weighted by molar-refractivity contribution is -0.698. The van der Waals surface area contributed by atoms with Crippen LogP contribution in [0.3, 0.4) is 0 Å². The Balaban J connectivity index is 2.59. The topological polar surface area (TPSA) is 3.88 Å². The maximum Gasteiger partial charge on any atom is 0.171 e. The first-order chi connectivity index (χ1) is 10.8. The molecular formula is C21H38N+. The van der Waals surface area contributed by atoms with Crippen LogP contribution >= 0.6 is 0 Å². The van der Waals surface area contributed by atoms with Gasteiger partial charge in [0.25, 0.3) is 0 Å². The Morgan fingerprint density at radius 2 is 1.14 bits per heavy atom. The lowest BCUT2D eigenvalue weighted by Gasteiger charge is -2.06. The lowest BCUT2D eigenvalue weighted by atomic mass is 10.0. The van der Waals surface area contributed by atoms with Gasteiger partial charge in [-0.25, -0.2) is 4.57 Å². The van der Waals surface area contributed by atoms with Crippen molar-refractivity contribution in [3.05, 3.63) is 29.6 Å². The van der Waals surface area contributed by atoms with Gasteiger partial charge in [-0.3, -0.25) is 0 Å². The molecule has 0 aliphatic rings. The van der Waals surface area contributed by atoms with Gasteiger partial charge in [-0.05, 0) is 31.7 Å². The minimum Gasteiger partial charge on any atom is -0.205 e. The highest BCUT2D eigenvalue weighted by Crippen LogP contribution is 2.12. The van der Waals surface area contributed by atoms with E-state index in [9.17, 15) is 0 Å². The van der Waals surface area contributed by atoms with Crippen LogP contribution < -0.4 is 4.57 Å². The maximum absolute atomic E-state index is 2.47. The maximum atomic E-state index is 2.47. The number of pyridine rings is 1. The van der Waals surface area contributed by atoms with Gasteiger partial charge in [0.1, 0.15) is 6.54 Å². The molecule has 0 unspecified atom stereocenters. The number of nitrogens with zero attached hydrogens (tertiary/aromatic N) is 1. The molecule has 0 spiro atoms. The molecule has 126 valence electrons. The molecular weight excluding hydrogens is 266 g/mol. The third kappa shape index (κ3) is 8.56. The summed E-state index contributed by atoms with van der Waals surface area (Å²) in [6.45, 7) is 8.04. The van der Waals surface area contributed by atoms with Crippen molar-refractivity contribution in [3.63, 3.8) is 0 Å². The van der Waals surface area contributed by atoms with Crippen molar-refractivity contribution < 1.29 is 4.57 Å². The van der Waals surface area contributed by atoms with E-state index >= 15 is 0 Å². The van der Waals surface area contributed by atoms with E-state index in [0.717, 1.165) is 0 Å². The van der Waals surface area contributed by atoms with E-state index in [1.54, 1.807) is 11.1 Å². The predicted molar refractivity (Wildman–Crippen MR) is 97.2 cm³/mol. The molecule has 1 aromatic rings.